The number of aliphatic carboxylic acids is 1. The number of rotatable bonds is 4. The maximum absolute atomic E-state index is 13.2. The summed E-state index contributed by atoms with van der Waals surface area (Å²) in [5.74, 6) is -3.81. The molecule has 0 aliphatic heterocycles. The molecule has 114 valence electrons. The number of carbonyl (C=O) groups is 2. The van der Waals surface area contributed by atoms with Crippen molar-refractivity contribution in [1.29, 1.82) is 0 Å². The summed E-state index contributed by atoms with van der Waals surface area (Å²) < 4.78 is 26.0. The molecule has 1 fully saturated rings. The van der Waals surface area contributed by atoms with Gasteiger partial charge in [0.25, 0.3) is 0 Å². The molecule has 1 aromatic rings. The van der Waals surface area contributed by atoms with E-state index in [1.807, 2.05) is 0 Å². The molecule has 0 spiro atoms. The van der Waals surface area contributed by atoms with Crippen LogP contribution < -0.4 is 5.32 Å². The van der Waals surface area contributed by atoms with Crippen molar-refractivity contribution in [3.63, 3.8) is 0 Å². The second-order valence-electron chi connectivity index (χ2n) is 5.45. The van der Waals surface area contributed by atoms with Crippen LogP contribution in [-0.2, 0) is 9.59 Å². The number of carboxylic acid groups (broad SMARTS) is 1. The van der Waals surface area contributed by atoms with E-state index >= 15 is 0 Å². The van der Waals surface area contributed by atoms with Crippen LogP contribution in [0.1, 0.15) is 37.8 Å². The molecule has 0 aromatic heterocycles. The number of benzene rings is 1. The molecule has 1 amide bonds. The highest BCUT2D eigenvalue weighted by atomic mass is 19.2. The van der Waals surface area contributed by atoms with Crippen LogP contribution in [0.25, 0.3) is 0 Å². The highest BCUT2D eigenvalue weighted by molar-refractivity contribution is 5.81. The summed E-state index contributed by atoms with van der Waals surface area (Å²) in [7, 11) is 0. The molecule has 3 atom stereocenters. The number of nitrogens with one attached hydrogen (secondary N) is 1. The average Bonchev–Trinajstić information content (AvgIpc) is 2.91. The van der Waals surface area contributed by atoms with Crippen molar-refractivity contribution in [3.8, 4) is 0 Å². The molecule has 1 aliphatic carbocycles. The Balaban J connectivity index is 1.96. The Morgan fingerprint density at radius 2 is 1.90 bits per heavy atom. The van der Waals surface area contributed by atoms with Gasteiger partial charge in [0.2, 0.25) is 5.91 Å². The van der Waals surface area contributed by atoms with Crippen molar-refractivity contribution in [2.24, 2.45) is 11.8 Å². The average molecular weight is 297 g/mol. The van der Waals surface area contributed by atoms with Gasteiger partial charge in [0, 0.05) is 5.92 Å². The minimum absolute atomic E-state index is 0.240. The summed E-state index contributed by atoms with van der Waals surface area (Å²) in [5, 5.41) is 11.6. The molecule has 3 unspecified atom stereocenters. The third kappa shape index (κ3) is 3.56. The maximum Gasteiger partial charge on any atom is 0.306 e. The standard InChI is InChI=1S/C15H17F2NO3/c1-8(9-4-5-12(16)13(17)7-9)18-14(19)10-2-3-11(6-10)15(20)21/h4-5,7-8,10-11H,2-3,6H2,1H3,(H,18,19)(H,20,21). The number of amides is 1. The minimum Gasteiger partial charge on any atom is -0.481 e. The highest BCUT2D eigenvalue weighted by Crippen LogP contribution is 2.31. The Kier molecular flexibility index (Phi) is 4.55. The molecule has 0 heterocycles. The molecule has 1 aromatic carbocycles. The van der Waals surface area contributed by atoms with Gasteiger partial charge >= 0.3 is 5.97 Å². The van der Waals surface area contributed by atoms with E-state index in [9.17, 15) is 18.4 Å². The van der Waals surface area contributed by atoms with Crippen molar-refractivity contribution >= 4 is 11.9 Å². The Morgan fingerprint density at radius 3 is 2.48 bits per heavy atom. The van der Waals surface area contributed by atoms with Gasteiger partial charge in [0.15, 0.2) is 11.6 Å². The van der Waals surface area contributed by atoms with E-state index in [-0.39, 0.29) is 11.8 Å². The van der Waals surface area contributed by atoms with Crippen molar-refractivity contribution in [1.82, 2.24) is 5.32 Å². The number of carbonyl (C=O) groups excluding carboxylic acids is 1. The Hall–Kier alpha value is -1.98. The minimum atomic E-state index is -0.958. The lowest BCUT2D eigenvalue weighted by Crippen LogP contribution is -2.32. The fraction of sp³-hybridized carbons (Fsp3) is 0.467. The zero-order chi connectivity index (χ0) is 15.6. The van der Waals surface area contributed by atoms with Gasteiger partial charge in [0.1, 0.15) is 0 Å². The lowest BCUT2D eigenvalue weighted by Gasteiger charge is -2.17. The van der Waals surface area contributed by atoms with Gasteiger partial charge in [-0.1, -0.05) is 6.07 Å². The van der Waals surface area contributed by atoms with Crippen molar-refractivity contribution < 1.29 is 23.5 Å². The van der Waals surface area contributed by atoms with E-state index in [0.29, 0.717) is 24.8 Å². The van der Waals surface area contributed by atoms with E-state index in [2.05, 4.69) is 5.32 Å². The molecule has 0 saturated heterocycles. The summed E-state index contributed by atoms with van der Waals surface area (Å²) in [6, 6.07) is 3.02. The summed E-state index contributed by atoms with van der Waals surface area (Å²) >= 11 is 0. The molecular weight excluding hydrogens is 280 g/mol. The first kappa shape index (κ1) is 15.4. The quantitative estimate of drug-likeness (QED) is 0.898. The second-order valence-corrected chi connectivity index (χ2v) is 5.45. The van der Waals surface area contributed by atoms with Gasteiger partial charge in [-0.15, -0.1) is 0 Å². The predicted octanol–water partition coefficient (Wildman–Crippen LogP) is 2.64. The van der Waals surface area contributed by atoms with E-state index in [0.717, 1.165) is 12.1 Å². The zero-order valence-electron chi connectivity index (χ0n) is 11.6. The zero-order valence-corrected chi connectivity index (χ0v) is 11.6. The molecule has 6 heteroatoms. The number of hydrogen-bond donors (Lipinski definition) is 2. The van der Waals surface area contributed by atoms with Crippen LogP contribution in [0.3, 0.4) is 0 Å². The van der Waals surface area contributed by atoms with E-state index in [4.69, 9.17) is 5.11 Å². The third-order valence-corrected chi connectivity index (χ3v) is 3.96. The summed E-state index contributed by atoms with van der Waals surface area (Å²) in [6.45, 7) is 1.67. The van der Waals surface area contributed by atoms with Gasteiger partial charge in [0.05, 0.1) is 12.0 Å². The molecule has 21 heavy (non-hydrogen) atoms. The van der Waals surface area contributed by atoms with Gasteiger partial charge in [-0.2, -0.15) is 0 Å². The third-order valence-electron chi connectivity index (χ3n) is 3.96. The van der Waals surface area contributed by atoms with Crippen molar-refractivity contribution in [2.75, 3.05) is 0 Å². The number of hydrogen-bond acceptors (Lipinski definition) is 2. The Bertz CT molecular complexity index is 562. The molecule has 4 nitrogen and oxygen atoms in total. The normalized spacial score (nSPS) is 22.8. The van der Waals surface area contributed by atoms with Crippen LogP contribution in [-0.4, -0.2) is 17.0 Å². The van der Waals surface area contributed by atoms with Crippen LogP contribution in [0.15, 0.2) is 18.2 Å². The SMILES string of the molecule is CC(NC(=O)C1CCC(C(=O)O)C1)c1ccc(F)c(F)c1. The topological polar surface area (TPSA) is 66.4 Å². The van der Waals surface area contributed by atoms with Crippen LogP contribution in [0.4, 0.5) is 8.78 Å². The van der Waals surface area contributed by atoms with Crippen LogP contribution in [0.5, 0.6) is 0 Å². The van der Waals surface area contributed by atoms with Gasteiger partial charge in [-0.25, -0.2) is 8.78 Å². The summed E-state index contributed by atoms with van der Waals surface area (Å²) in [4.78, 5) is 23.0. The first-order valence-corrected chi connectivity index (χ1v) is 6.86. The highest BCUT2D eigenvalue weighted by Gasteiger charge is 2.34. The molecule has 2 N–H and O–H groups in total. The lowest BCUT2D eigenvalue weighted by atomic mass is 10.0. The second kappa shape index (κ2) is 6.20. The Labute approximate surface area is 121 Å². The molecule has 1 aliphatic rings. The van der Waals surface area contributed by atoms with E-state index in [1.165, 1.54) is 6.07 Å². The van der Waals surface area contributed by atoms with Crippen molar-refractivity contribution in [2.45, 2.75) is 32.2 Å². The summed E-state index contributed by atoms with van der Waals surface area (Å²) in [5.41, 5.74) is 0.468. The molecule has 1 saturated carbocycles. The van der Waals surface area contributed by atoms with Crippen LogP contribution >= 0.6 is 0 Å². The molecular formula is C15H17F2NO3. The smallest absolute Gasteiger partial charge is 0.306 e. The van der Waals surface area contributed by atoms with E-state index in [1.54, 1.807) is 6.92 Å². The van der Waals surface area contributed by atoms with Gasteiger partial charge in [-0.05, 0) is 43.9 Å². The molecule has 0 bridgehead atoms. The van der Waals surface area contributed by atoms with Crippen LogP contribution in [0, 0.1) is 23.5 Å². The maximum atomic E-state index is 13.2. The monoisotopic (exact) mass is 297 g/mol. The fourth-order valence-electron chi connectivity index (χ4n) is 2.64. The lowest BCUT2D eigenvalue weighted by molar-refractivity contribution is -0.141. The summed E-state index contributed by atoms with van der Waals surface area (Å²) in [6.07, 6.45) is 1.35. The van der Waals surface area contributed by atoms with E-state index < -0.39 is 29.6 Å². The Morgan fingerprint density at radius 1 is 1.24 bits per heavy atom. The van der Waals surface area contributed by atoms with Gasteiger partial charge in [-0.3, -0.25) is 9.59 Å². The van der Waals surface area contributed by atoms with Gasteiger partial charge < -0.3 is 10.4 Å². The number of carboxylic acids is 1. The largest absolute Gasteiger partial charge is 0.481 e. The first-order valence-electron chi connectivity index (χ1n) is 6.86. The first-order chi connectivity index (χ1) is 9.88. The fourth-order valence-corrected chi connectivity index (χ4v) is 2.64. The number of halogens is 2. The molecule has 2 rings (SSSR count). The predicted molar refractivity (Wildman–Crippen MR) is 71.4 cm³/mol. The van der Waals surface area contributed by atoms with Crippen molar-refractivity contribution in [3.05, 3.63) is 35.4 Å². The van der Waals surface area contributed by atoms with Crippen LogP contribution in [0.2, 0.25) is 0 Å². The molecule has 0 radical (unpaired) electrons.